The van der Waals surface area contributed by atoms with Gasteiger partial charge in [-0.05, 0) is 18.1 Å². The fourth-order valence-electron chi connectivity index (χ4n) is 2.87. The standard InChI is InChI=1S/C16H17N3O2S/c20-15(12-7-11-3-1-2-4-14(11)21-10-12)17-8-13-9-19-5-6-22-16(19)18-13/h1-4,9,12H,5-8,10H2,(H,17,20)/t12-/m1/s1. The molecule has 114 valence electrons. The lowest BCUT2D eigenvalue weighted by Crippen LogP contribution is -2.37. The highest BCUT2D eigenvalue weighted by molar-refractivity contribution is 7.99. The van der Waals surface area contributed by atoms with Crippen LogP contribution in [-0.4, -0.2) is 27.8 Å². The third kappa shape index (κ3) is 2.59. The average Bonchev–Trinajstić information content (AvgIpc) is 3.13. The Bertz CT molecular complexity index is 692. The molecular weight excluding hydrogens is 298 g/mol. The smallest absolute Gasteiger partial charge is 0.227 e. The lowest BCUT2D eigenvalue weighted by molar-refractivity contribution is -0.126. The molecule has 5 nitrogen and oxygen atoms in total. The van der Waals surface area contributed by atoms with E-state index >= 15 is 0 Å². The zero-order valence-corrected chi connectivity index (χ0v) is 12.9. The van der Waals surface area contributed by atoms with Gasteiger partial charge in [0.15, 0.2) is 5.16 Å². The first kappa shape index (κ1) is 13.7. The maximum atomic E-state index is 12.3. The first-order chi connectivity index (χ1) is 10.8. The van der Waals surface area contributed by atoms with Crippen molar-refractivity contribution >= 4 is 17.7 Å². The Labute approximate surface area is 133 Å². The van der Waals surface area contributed by atoms with Crippen LogP contribution in [0.2, 0.25) is 0 Å². The number of imidazole rings is 1. The zero-order valence-electron chi connectivity index (χ0n) is 12.1. The highest BCUT2D eigenvalue weighted by Crippen LogP contribution is 2.27. The normalized spacial score (nSPS) is 19.2. The summed E-state index contributed by atoms with van der Waals surface area (Å²) in [6.45, 7) is 1.93. The monoisotopic (exact) mass is 315 g/mol. The molecule has 0 radical (unpaired) electrons. The average molecular weight is 315 g/mol. The van der Waals surface area contributed by atoms with E-state index in [0.717, 1.165) is 40.9 Å². The van der Waals surface area contributed by atoms with Crippen molar-refractivity contribution in [3.8, 4) is 5.75 Å². The van der Waals surface area contributed by atoms with Gasteiger partial charge in [-0.2, -0.15) is 0 Å². The van der Waals surface area contributed by atoms with E-state index < -0.39 is 0 Å². The summed E-state index contributed by atoms with van der Waals surface area (Å²) in [4.78, 5) is 16.8. The number of thioether (sulfide) groups is 1. The maximum absolute atomic E-state index is 12.3. The Kier molecular flexibility index (Phi) is 3.54. The number of carbonyl (C=O) groups excluding carboxylic acids is 1. The summed E-state index contributed by atoms with van der Waals surface area (Å²) in [6, 6.07) is 7.90. The van der Waals surface area contributed by atoms with Gasteiger partial charge in [-0.25, -0.2) is 4.98 Å². The molecule has 0 unspecified atom stereocenters. The van der Waals surface area contributed by atoms with E-state index in [1.807, 2.05) is 30.5 Å². The van der Waals surface area contributed by atoms with E-state index in [1.165, 1.54) is 0 Å². The zero-order chi connectivity index (χ0) is 14.9. The van der Waals surface area contributed by atoms with Crippen LogP contribution in [0.4, 0.5) is 0 Å². The van der Waals surface area contributed by atoms with Crippen LogP contribution in [0, 0.1) is 5.92 Å². The maximum Gasteiger partial charge on any atom is 0.227 e. The number of nitrogens with zero attached hydrogens (tertiary/aromatic N) is 2. The number of benzene rings is 1. The van der Waals surface area contributed by atoms with Crippen molar-refractivity contribution in [1.82, 2.24) is 14.9 Å². The van der Waals surface area contributed by atoms with Crippen LogP contribution >= 0.6 is 11.8 Å². The number of hydrogen-bond acceptors (Lipinski definition) is 4. The quantitative estimate of drug-likeness (QED) is 0.939. The lowest BCUT2D eigenvalue weighted by Gasteiger charge is -2.24. The minimum absolute atomic E-state index is 0.0373. The molecule has 1 amide bonds. The molecule has 1 aromatic carbocycles. The van der Waals surface area contributed by atoms with Crippen molar-refractivity contribution in [1.29, 1.82) is 0 Å². The number of para-hydroxylation sites is 1. The molecule has 0 spiro atoms. The molecule has 2 aliphatic rings. The third-order valence-electron chi connectivity index (χ3n) is 4.05. The van der Waals surface area contributed by atoms with Gasteiger partial charge in [-0.3, -0.25) is 4.79 Å². The minimum atomic E-state index is -0.126. The summed E-state index contributed by atoms with van der Waals surface area (Å²) in [6.07, 6.45) is 2.76. The number of fused-ring (bicyclic) bond motifs is 2. The van der Waals surface area contributed by atoms with Crippen molar-refractivity contribution in [2.45, 2.75) is 24.7 Å². The van der Waals surface area contributed by atoms with Crippen LogP contribution in [0.15, 0.2) is 35.6 Å². The van der Waals surface area contributed by atoms with E-state index in [2.05, 4.69) is 14.9 Å². The van der Waals surface area contributed by atoms with Crippen molar-refractivity contribution in [2.24, 2.45) is 5.92 Å². The topological polar surface area (TPSA) is 56.2 Å². The highest BCUT2D eigenvalue weighted by atomic mass is 32.2. The second kappa shape index (κ2) is 5.68. The second-order valence-corrected chi connectivity index (χ2v) is 6.66. The van der Waals surface area contributed by atoms with Crippen molar-refractivity contribution < 1.29 is 9.53 Å². The predicted molar refractivity (Wildman–Crippen MR) is 83.9 cm³/mol. The molecule has 0 fully saturated rings. The molecule has 0 bridgehead atoms. The first-order valence-electron chi connectivity index (χ1n) is 7.47. The van der Waals surface area contributed by atoms with Gasteiger partial charge in [0, 0.05) is 18.5 Å². The summed E-state index contributed by atoms with van der Waals surface area (Å²) in [5.41, 5.74) is 2.03. The van der Waals surface area contributed by atoms with E-state index in [4.69, 9.17) is 4.74 Å². The van der Waals surface area contributed by atoms with Crippen LogP contribution in [0.25, 0.3) is 0 Å². The summed E-state index contributed by atoms with van der Waals surface area (Å²) in [7, 11) is 0. The number of nitrogens with one attached hydrogen (secondary N) is 1. The fraction of sp³-hybridized carbons (Fsp3) is 0.375. The molecule has 1 N–H and O–H groups in total. The molecule has 0 aliphatic carbocycles. The van der Waals surface area contributed by atoms with E-state index in [1.54, 1.807) is 11.8 Å². The Morgan fingerprint density at radius 2 is 2.36 bits per heavy atom. The molecule has 2 aliphatic heterocycles. The van der Waals surface area contributed by atoms with Gasteiger partial charge in [-0.15, -0.1) is 0 Å². The van der Waals surface area contributed by atoms with Gasteiger partial charge in [-0.1, -0.05) is 30.0 Å². The van der Waals surface area contributed by atoms with Crippen molar-refractivity contribution in [3.63, 3.8) is 0 Å². The lowest BCUT2D eigenvalue weighted by atomic mass is 9.96. The Balaban J connectivity index is 1.36. The summed E-state index contributed by atoms with van der Waals surface area (Å²) >= 11 is 1.76. The summed E-state index contributed by atoms with van der Waals surface area (Å²) in [5.74, 6) is 1.90. The molecule has 4 rings (SSSR count). The number of carbonyl (C=O) groups is 1. The predicted octanol–water partition coefficient (Wildman–Crippen LogP) is 1.86. The Hall–Kier alpha value is -1.95. The van der Waals surface area contributed by atoms with Gasteiger partial charge in [0.25, 0.3) is 0 Å². The van der Waals surface area contributed by atoms with Gasteiger partial charge in [0.05, 0.1) is 18.2 Å². The molecule has 3 heterocycles. The van der Waals surface area contributed by atoms with Gasteiger partial charge < -0.3 is 14.6 Å². The molecule has 2 aromatic rings. The van der Waals surface area contributed by atoms with Crippen molar-refractivity contribution in [2.75, 3.05) is 12.4 Å². The van der Waals surface area contributed by atoms with E-state index in [0.29, 0.717) is 13.2 Å². The summed E-state index contributed by atoms with van der Waals surface area (Å²) < 4.78 is 7.82. The molecule has 0 saturated carbocycles. The fourth-order valence-corrected chi connectivity index (χ4v) is 3.83. The third-order valence-corrected chi connectivity index (χ3v) is 5.02. The minimum Gasteiger partial charge on any atom is -0.492 e. The van der Waals surface area contributed by atoms with Crippen LogP contribution in [0.1, 0.15) is 11.3 Å². The summed E-state index contributed by atoms with van der Waals surface area (Å²) in [5, 5.41) is 4.04. The van der Waals surface area contributed by atoms with Gasteiger partial charge in [0.2, 0.25) is 5.91 Å². The van der Waals surface area contributed by atoms with Gasteiger partial charge in [0.1, 0.15) is 12.4 Å². The van der Waals surface area contributed by atoms with Gasteiger partial charge >= 0.3 is 0 Å². The molecule has 1 aromatic heterocycles. The van der Waals surface area contributed by atoms with Crippen LogP contribution in [0.5, 0.6) is 5.75 Å². The molecule has 22 heavy (non-hydrogen) atoms. The SMILES string of the molecule is O=C(NCc1cn2c(n1)SCC2)[C@H]1COc2ccccc2C1. The second-order valence-electron chi connectivity index (χ2n) is 5.59. The Morgan fingerprint density at radius 1 is 1.45 bits per heavy atom. The number of amides is 1. The number of ether oxygens (including phenoxy) is 1. The first-order valence-corrected chi connectivity index (χ1v) is 8.45. The highest BCUT2D eigenvalue weighted by Gasteiger charge is 2.25. The van der Waals surface area contributed by atoms with Crippen molar-refractivity contribution in [3.05, 3.63) is 41.7 Å². The number of hydrogen-bond donors (Lipinski definition) is 1. The van der Waals surface area contributed by atoms with Crippen LogP contribution in [-0.2, 0) is 24.3 Å². The Morgan fingerprint density at radius 3 is 3.27 bits per heavy atom. The molecular formula is C16H17N3O2S. The molecule has 6 heteroatoms. The number of rotatable bonds is 3. The number of aromatic nitrogens is 2. The molecule has 1 atom stereocenters. The van der Waals surface area contributed by atoms with Crippen LogP contribution in [0.3, 0.4) is 0 Å². The van der Waals surface area contributed by atoms with Crippen LogP contribution < -0.4 is 10.1 Å². The van der Waals surface area contributed by atoms with E-state index in [-0.39, 0.29) is 11.8 Å². The largest absolute Gasteiger partial charge is 0.492 e. The molecule has 0 saturated heterocycles. The number of aryl methyl sites for hydroxylation is 1. The van der Waals surface area contributed by atoms with E-state index in [9.17, 15) is 4.79 Å².